The summed E-state index contributed by atoms with van der Waals surface area (Å²) in [6.45, 7) is 12.2. The van der Waals surface area contributed by atoms with E-state index in [1.54, 1.807) is 41.5 Å². The Morgan fingerprint density at radius 1 is 0.549 bits per heavy atom. The number of ketones is 1. The number of carbonyl (C=O) groups is 6. The van der Waals surface area contributed by atoms with Crippen LogP contribution in [0, 0.1) is 10.8 Å². The number of aromatic hydroxyl groups is 4. The van der Waals surface area contributed by atoms with Gasteiger partial charge >= 0.3 is 23.9 Å². The van der Waals surface area contributed by atoms with E-state index in [0.717, 1.165) is 42.5 Å². The highest BCUT2D eigenvalue weighted by Crippen LogP contribution is 2.32. The molecule has 51 heavy (non-hydrogen) atoms. The average Bonchev–Trinajstić information content (AvgIpc) is 3.01. The van der Waals surface area contributed by atoms with Crippen molar-refractivity contribution in [3.8, 4) is 23.0 Å². The first-order valence-electron chi connectivity index (χ1n) is 15.4. The molecular formula is C36H39NO14. The number of benzene rings is 3. The lowest BCUT2D eigenvalue weighted by molar-refractivity contribution is -0.176. The molecule has 2 atom stereocenters. The van der Waals surface area contributed by atoms with Crippen LogP contribution in [0.4, 0.5) is 5.69 Å². The second kappa shape index (κ2) is 15.2. The van der Waals surface area contributed by atoms with Crippen molar-refractivity contribution in [3.63, 3.8) is 0 Å². The maximum Gasteiger partial charge on any atom is 0.345 e. The smallest absolute Gasteiger partial charge is 0.345 e. The standard InChI is InChI=1S/C36H39NO14/c1-17(50-33(46)35(3,4)5)48-31(44)23-13-19(9-11-25(23)38)29(42)21-15-28(41)22(16-27(21)40)30(43)37-20-10-12-26(39)24(14-20)32(45)49-18(2)51-34(47)36(6,7)8/h9-18,38-41H,1-8H3,(H,37,43). The molecule has 15 nitrogen and oxygen atoms in total. The maximum atomic E-state index is 13.3. The highest BCUT2D eigenvalue weighted by Gasteiger charge is 2.29. The Morgan fingerprint density at radius 3 is 1.47 bits per heavy atom. The van der Waals surface area contributed by atoms with Crippen molar-refractivity contribution < 1.29 is 68.1 Å². The first-order valence-corrected chi connectivity index (χ1v) is 15.4. The summed E-state index contributed by atoms with van der Waals surface area (Å²) in [5.74, 6) is -7.95. The lowest BCUT2D eigenvalue weighted by Gasteiger charge is -2.21. The zero-order valence-electron chi connectivity index (χ0n) is 29.1. The molecular weight excluding hydrogens is 670 g/mol. The summed E-state index contributed by atoms with van der Waals surface area (Å²) in [7, 11) is 0. The molecule has 0 radical (unpaired) electrons. The van der Waals surface area contributed by atoms with E-state index >= 15 is 0 Å². The van der Waals surface area contributed by atoms with Gasteiger partial charge in [-0.05, 0) is 90.1 Å². The zero-order chi connectivity index (χ0) is 38.6. The Hall–Kier alpha value is -6.12. The summed E-state index contributed by atoms with van der Waals surface area (Å²) in [5, 5.41) is 44.2. The summed E-state index contributed by atoms with van der Waals surface area (Å²) in [4.78, 5) is 75.9. The number of carbonyl (C=O) groups excluding carboxylic acids is 6. The normalized spacial score (nSPS) is 12.5. The maximum absolute atomic E-state index is 13.3. The van der Waals surface area contributed by atoms with Gasteiger partial charge in [0.2, 0.25) is 12.6 Å². The van der Waals surface area contributed by atoms with E-state index < -0.39 is 104 Å². The van der Waals surface area contributed by atoms with Gasteiger partial charge in [-0.3, -0.25) is 19.2 Å². The molecule has 5 N–H and O–H groups in total. The summed E-state index contributed by atoms with van der Waals surface area (Å²) in [5.41, 5.74) is -3.83. The van der Waals surface area contributed by atoms with Gasteiger partial charge in [0.15, 0.2) is 5.78 Å². The molecule has 3 rings (SSSR count). The molecule has 15 heteroatoms. The Morgan fingerprint density at radius 2 is 0.980 bits per heavy atom. The molecule has 0 aliphatic heterocycles. The molecule has 272 valence electrons. The number of amides is 1. The number of esters is 4. The van der Waals surface area contributed by atoms with E-state index in [2.05, 4.69) is 5.32 Å². The molecule has 0 heterocycles. The molecule has 0 aliphatic rings. The number of nitrogens with one attached hydrogen (secondary N) is 1. The van der Waals surface area contributed by atoms with E-state index in [1.807, 2.05) is 0 Å². The zero-order valence-corrected chi connectivity index (χ0v) is 29.1. The molecule has 3 aromatic rings. The number of phenols is 4. The van der Waals surface area contributed by atoms with Crippen molar-refractivity contribution in [2.24, 2.45) is 10.8 Å². The highest BCUT2D eigenvalue weighted by atomic mass is 16.7. The quantitative estimate of drug-likeness (QED) is 0.0791. The number of hydrogen-bond acceptors (Lipinski definition) is 14. The fraction of sp³-hybridized carbons (Fsp3) is 0.333. The molecule has 0 fully saturated rings. The molecule has 0 bridgehead atoms. The van der Waals surface area contributed by atoms with Crippen LogP contribution in [-0.2, 0) is 28.5 Å². The van der Waals surface area contributed by atoms with Crippen LogP contribution >= 0.6 is 0 Å². The minimum absolute atomic E-state index is 0.0471. The minimum atomic E-state index is -1.33. The highest BCUT2D eigenvalue weighted by molar-refractivity contribution is 6.14. The Bertz CT molecular complexity index is 1880. The van der Waals surface area contributed by atoms with Crippen molar-refractivity contribution in [2.45, 2.75) is 68.0 Å². The third-order valence-electron chi connectivity index (χ3n) is 6.87. The SMILES string of the molecule is CC(OC(=O)c1cc(NC(=O)c2cc(O)c(C(=O)c3ccc(O)c(C(=O)OC(C)OC(=O)C(C)(C)C)c3)cc2O)ccc1O)OC(=O)C(C)(C)C. The van der Waals surface area contributed by atoms with Crippen LogP contribution in [0.3, 0.4) is 0 Å². The van der Waals surface area contributed by atoms with Crippen LogP contribution in [0.25, 0.3) is 0 Å². The summed E-state index contributed by atoms with van der Waals surface area (Å²) in [6.07, 6.45) is -2.64. The number of ether oxygens (including phenoxy) is 4. The minimum Gasteiger partial charge on any atom is -0.507 e. The van der Waals surface area contributed by atoms with Gasteiger partial charge in [-0.1, -0.05) is 0 Å². The van der Waals surface area contributed by atoms with Gasteiger partial charge in [0.25, 0.3) is 5.91 Å². The summed E-state index contributed by atoms with van der Waals surface area (Å²) in [6, 6.07) is 8.11. The van der Waals surface area contributed by atoms with Crippen molar-refractivity contribution >= 4 is 41.3 Å². The van der Waals surface area contributed by atoms with Crippen molar-refractivity contribution in [1.29, 1.82) is 0 Å². The lowest BCUT2D eigenvalue weighted by Crippen LogP contribution is -2.29. The van der Waals surface area contributed by atoms with Gasteiger partial charge in [-0.15, -0.1) is 0 Å². The molecule has 3 aromatic carbocycles. The van der Waals surface area contributed by atoms with Crippen molar-refractivity contribution in [1.82, 2.24) is 0 Å². The fourth-order valence-electron chi connectivity index (χ4n) is 4.04. The first-order chi connectivity index (χ1) is 23.5. The Labute approximate surface area is 292 Å². The van der Waals surface area contributed by atoms with E-state index in [0.29, 0.717) is 0 Å². The van der Waals surface area contributed by atoms with Crippen LogP contribution in [0.5, 0.6) is 23.0 Å². The van der Waals surface area contributed by atoms with E-state index in [4.69, 9.17) is 18.9 Å². The molecule has 0 saturated carbocycles. The van der Waals surface area contributed by atoms with Gasteiger partial charge in [0.1, 0.15) is 34.1 Å². The molecule has 2 unspecified atom stereocenters. The van der Waals surface area contributed by atoms with Crippen LogP contribution in [0.15, 0.2) is 48.5 Å². The second-order valence-corrected chi connectivity index (χ2v) is 13.4. The third-order valence-corrected chi connectivity index (χ3v) is 6.87. The average molecular weight is 710 g/mol. The Kier molecular flexibility index (Phi) is 11.7. The first kappa shape index (κ1) is 39.3. The number of phenolic OH excluding ortho intramolecular Hbond substituents is 4. The number of rotatable bonds is 10. The van der Waals surface area contributed by atoms with Gasteiger partial charge in [0.05, 0.1) is 22.0 Å². The van der Waals surface area contributed by atoms with E-state index in [9.17, 15) is 49.2 Å². The molecule has 0 spiro atoms. The summed E-state index contributed by atoms with van der Waals surface area (Å²) < 4.78 is 20.3. The van der Waals surface area contributed by atoms with Crippen molar-refractivity contribution in [3.05, 3.63) is 76.3 Å². The van der Waals surface area contributed by atoms with Crippen LogP contribution in [0.2, 0.25) is 0 Å². The predicted octanol–water partition coefficient (Wildman–Crippen LogP) is 5.18. The Balaban J connectivity index is 1.78. The number of anilines is 1. The third kappa shape index (κ3) is 9.97. The monoisotopic (exact) mass is 709 g/mol. The fourth-order valence-corrected chi connectivity index (χ4v) is 4.04. The molecule has 0 aromatic heterocycles. The lowest BCUT2D eigenvalue weighted by atomic mass is 9.97. The molecule has 0 aliphatic carbocycles. The van der Waals surface area contributed by atoms with Gasteiger partial charge in [-0.2, -0.15) is 0 Å². The largest absolute Gasteiger partial charge is 0.507 e. The number of hydrogen-bond donors (Lipinski definition) is 5. The van der Waals surface area contributed by atoms with Gasteiger partial charge in [-0.25, -0.2) is 9.59 Å². The topological polar surface area (TPSA) is 232 Å². The molecule has 1 amide bonds. The predicted molar refractivity (Wildman–Crippen MR) is 178 cm³/mol. The second-order valence-electron chi connectivity index (χ2n) is 13.4. The van der Waals surface area contributed by atoms with Crippen LogP contribution < -0.4 is 5.32 Å². The van der Waals surface area contributed by atoms with Crippen LogP contribution in [-0.4, -0.2) is 68.6 Å². The molecule has 0 saturated heterocycles. The van der Waals surface area contributed by atoms with Gasteiger partial charge in [0, 0.05) is 25.1 Å². The van der Waals surface area contributed by atoms with Crippen molar-refractivity contribution in [2.75, 3.05) is 5.32 Å². The van der Waals surface area contributed by atoms with Crippen LogP contribution in [0.1, 0.15) is 102 Å². The summed E-state index contributed by atoms with van der Waals surface area (Å²) >= 11 is 0. The van der Waals surface area contributed by atoms with Gasteiger partial charge < -0.3 is 44.7 Å². The van der Waals surface area contributed by atoms with E-state index in [1.165, 1.54) is 19.9 Å². The van der Waals surface area contributed by atoms with E-state index in [-0.39, 0.29) is 11.3 Å².